The van der Waals surface area contributed by atoms with Crippen molar-refractivity contribution in [2.75, 3.05) is 5.32 Å². The number of carbonyl (C=O) groups excluding carboxylic acids is 1. The molecule has 0 radical (unpaired) electrons. The van der Waals surface area contributed by atoms with Crippen LogP contribution in [0.1, 0.15) is 18.5 Å². The molecule has 0 bridgehead atoms. The molecule has 2 aromatic carbocycles. The van der Waals surface area contributed by atoms with Crippen LogP contribution in [-0.4, -0.2) is 11.0 Å². The number of hydrogen-bond donors (Lipinski definition) is 3. The molecule has 0 saturated carbocycles. The largest absolute Gasteiger partial charge is 0.505 e. The van der Waals surface area contributed by atoms with Gasteiger partial charge in [0.2, 0.25) is 5.91 Å². The van der Waals surface area contributed by atoms with Crippen molar-refractivity contribution < 1.29 is 9.90 Å². The molecule has 0 aliphatic rings. The van der Waals surface area contributed by atoms with Crippen LogP contribution in [0.3, 0.4) is 0 Å². The number of nitrogens with two attached hydrogens (primary N) is 1. The predicted octanol–water partition coefficient (Wildman–Crippen LogP) is 3.43. The highest BCUT2D eigenvalue weighted by atomic mass is 79.9. The molecule has 0 saturated heterocycles. The average molecular weight is 349 g/mol. The number of phenols is 1. The lowest BCUT2D eigenvalue weighted by atomic mass is 9.94. The molecule has 21 heavy (non-hydrogen) atoms. The first-order valence-electron chi connectivity index (χ1n) is 6.59. The number of hydrogen-bond acceptors (Lipinski definition) is 3. The maximum atomic E-state index is 12.3. The molecule has 2 unspecified atom stereocenters. The second-order valence-corrected chi connectivity index (χ2v) is 5.70. The minimum atomic E-state index is -0.425. The summed E-state index contributed by atoms with van der Waals surface area (Å²) in [4.78, 5) is 12.3. The molecule has 0 aromatic heterocycles. The molecule has 0 aliphatic carbocycles. The first-order chi connectivity index (χ1) is 10.0. The minimum Gasteiger partial charge on any atom is -0.505 e. The second-order valence-electron chi connectivity index (χ2n) is 4.85. The van der Waals surface area contributed by atoms with Crippen LogP contribution in [0.15, 0.2) is 53.0 Å². The minimum absolute atomic E-state index is 0.00586. The van der Waals surface area contributed by atoms with E-state index < -0.39 is 12.0 Å². The Kier molecular flexibility index (Phi) is 4.98. The van der Waals surface area contributed by atoms with Gasteiger partial charge < -0.3 is 16.2 Å². The molecule has 2 rings (SSSR count). The Morgan fingerprint density at radius 1 is 1.19 bits per heavy atom. The number of carbonyl (C=O) groups is 1. The summed E-state index contributed by atoms with van der Waals surface area (Å²) in [6, 6.07) is 14.1. The molecule has 0 heterocycles. The lowest BCUT2D eigenvalue weighted by Gasteiger charge is -2.20. The Balaban J connectivity index is 2.11. The van der Waals surface area contributed by atoms with Gasteiger partial charge in [-0.25, -0.2) is 0 Å². The third kappa shape index (κ3) is 3.62. The Bertz CT molecular complexity index is 631. The Labute approximate surface area is 132 Å². The molecule has 4 N–H and O–H groups in total. The normalized spacial score (nSPS) is 13.5. The number of para-hydroxylation sites is 1. The van der Waals surface area contributed by atoms with Crippen molar-refractivity contribution in [3.05, 3.63) is 58.6 Å². The van der Waals surface area contributed by atoms with Gasteiger partial charge in [-0.2, -0.15) is 0 Å². The third-order valence-corrected chi connectivity index (χ3v) is 4.02. The maximum Gasteiger partial charge on any atom is 0.229 e. The van der Waals surface area contributed by atoms with Crippen molar-refractivity contribution in [3.8, 4) is 5.75 Å². The van der Waals surface area contributed by atoms with Crippen LogP contribution in [0, 0.1) is 5.92 Å². The van der Waals surface area contributed by atoms with Gasteiger partial charge in [0.25, 0.3) is 0 Å². The number of benzene rings is 2. The molecule has 0 aliphatic heterocycles. The van der Waals surface area contributed by atoms with E-state index in [1.807, 2.05) is 30.3 Å². The predicted molar refractivity (Wildman–Crippen MR) is 87.0 cm³/mol. The maximum absolute atomic E-state index is 12.3. The highest BCUT2D eigenvalue weighted by Gasteiger charge is 2.23. The molecule has 1 amide bonds. The van der Waals surface area contributed by atoms with Gasteiger partial charge in [0, 0.05) is 6.04 Å². The van der Waals surface area contributed by atoms with Crippen LogP contribution in [0.4, 0.5) is 5.69 Å². The average Bonchev–Trinajstić information content (AvgIpc) is 2.51. The van der Waals surface area contributed by atoms with Gasteiger partial charge in [0.05, 0.1) is 16.1 Å². The van der Waals surface area contributed by atoms with Crippen LogP contribution in [0.2, 0.25) is 0 Å². The van der Waals surface area contributed by atoms with Crippen LogP contribution in [0.25, 0.3) is 0 Å². The van der Waals surface area contributed by atoms with Crippen molar-refractivity contribution in [1.82, 2.24) is 0 Å². The van der Waals surface area contributed by atoms with Crippen LogP contribution in [-0.2, 0) is 4.79 Å². The third-order valence-electron chi connectivity index (χ3n) is 3.38. The van der Waals surface area contributed by atoms with Gasteiger partial charge in [0.15, 0.2) is 5.75 Å². The van der Waals surface area contributed by atoms with Crippen molar-refractivity contribution in [1.29, 1.82) is 0 Å². The van der Waals surface area contributed by atoms with Crippen molar-refractivity contribution >= 4 is 27.5 Å². The molecular formula is C16H17BrN2O2. The van der Waals surface area contributed by atoms with Crippen molar-refractivity contribution in [3.63, 3.8) is 0 Å². The summed E-state index contributed by atoms with van der Waals surface area (Å²) in [5, 5.41) is 12.6. The molecule has 0 spiro atoms. The van der Waals surface area contributed by atoms with E-state index in [1.165, 1.54) is 0 Å². The number of amides is 1. The monoisotopic (exact) mass is 348 g/mol. The number of anilines is 1. The molecule has 2 aromatic rings. The Morgan fingerprint density at radius 3 is 2.52 bits per heavy atom. The van der Waals surface area contributed by atoms with Crippen LogP contribution < -0.4 is 11.1 Å². The van der Waals surface area contributed by atoms with Gasteiger partial charge in [-0.15, -0.1) is 0 Å². The van der Waals surface area contributed by atoms with E-state index in [0.717, 1.165) is 5.56 Å². The van der Waals surface area contributed by atoms with Crippen LogP contribution >= 0.6 is 15.9 Å². The summed E-state index contributed by atoms with van der Waals surface area (Å²) >= 11 is 3.21. The van der Waals surface area contributed by atoms with Crippen LogP contribution in [0.5, 0.6) is 5.75 Å². The zero-order valence-electron chi connectivity index (χ0n) is 11.6. The summed E-state index contributed by atoms with van der Waals surface area (Å²) in [5.74, 6) is -0.656. The second kappa shape index (κ2) is 6.74. The van der Waals surface area contributed by atoms with Crippen molar-refractivity contribution in [2.45, 2.75) is 13.0 Å². The Morgan fingerprint density at radius 2 is 1.86 bits per heavy atom. The molecule has 5 heteroatoms. The first-order valence-corrected chi connectivity index (χ1v) is 7.39. The van der Waals surface area contributed by atoms with Gasteiger partial charge in [-0.3, -0.25) is 4.79 Å². The van der Waals surface area contributed by atoms with E-state index in [0.29, 0.717) is 10.2 Å². The van der Waals surface area contributed by atoms with Gasteiger partial charge in [-0.05, 0) is 33.6 Å². The van der Waals surface area contributed by atoms with Gasteiger partial charge in [0.1, 0.15) is 0 Å². The summed E-state index contributed by atoms with van der Waals surface area (Å²) in [6.07, 6.45) is 0. The number of rotatable bonds is 4. The fraction of sp³-hybridized carbons (Fsp3) is 0.188. The van der Waals surface area contributed by atoms with Gasteiger partial charge in [-0.1, -0.05) is 43.3 Å². The lowest BCUT2D eigenvalue weighted by Crippen LogP contribution is -2.30. The highest BCUT2D eigenvalue weighted by Crippen LogP contribution is 2.32. The molecule has 4 nitrogen and oxygen atoms in total. The van der Waals surface area contributed by atoms with Gasteiger partial charge >= 0.3 is 0 Å². The summed E-state index contributed by atoms with van der Waals surface area (Å²) < 4.78 is 0.528. The number of aromatic hydroxyl groups is 1. The molecule has 2 atom stereocenters. The number of phenolic OH excluding ortho intramolecular Hbond substituents is 1. The molecule has 0 fully saturated rings. The zero-order valence-corrected chi connectivity index (χ0v) is 13.2. The van der Waals surface area contributed by atoms with E-state index >= 15 is 0 Å². The highest BCUT2D eigenvalue weighted by molar-refractivity contribution is 9.10. The smallest absolute Gasteiger partial charge is 0.229 e. The first kappa shape index (κ1) is 15.5. The number of halogens is 1. The fourth-order valence-corrected chi connectivity index (χ4v) is 2.36. The van der Waals surface area contributed by atoms with E-state index in [-0.39, 0.29) is 11.7 Å². The topological polar surface area (TPSA) is 75.3 Å². The fourth-order valence-electron chi connectivity index (χ4n) is 1.99. The zero-order chi connectivity index (χ0) is 15.4. The SMILES string of the molecule is CC(C(=O)Nc1cccc(Br)c1O)C(N)c1ccccc1. The van der Waals surface area contributed by atoms with E-state index in [4.69, 9.17) is 5.73 Å². The molecule has 110 valence electrons. The number of nitrogens with one attached hydrogen (secondary N) is 1. The quantitative estimate of drug-likeness (QED) is 0.741. The van der Waals surface area contributed by atoms with E-state index in [9.17, 15) is 9.90 Å². The molecular weight excluding hydrogens is 332 g/mol. The van der Waals surface area contributed by atoms with Crippen molar-refractivity contribution in [2.24, 2.45) is 11.7 Å². The Hall–Kier alpha value is -1.85. The summed E-state index contributed by atoms with van der Waals surface area (Å²) in [6.45, 7) is 1.77. The lowest BCUT2D eigenvalue weighted by molar-refractivity contribution is -0.120. The summed E-state index contributed by atoms with van der Waals surface area (Å²) in [7, 11) is 0. The summed E-state index contributed by atoms with van der Waals surface area (Å²) in [5.41, 5.74) is 7.39. The van der Waals surface area contributed by atoms with E-state index in [1.54, 1.807) is 25.1 Å². The van der Waals surface area contributed by atoms with E-state index in [2.05, 4.69) is 21.2 Å². The standard InChI is InChI=1S/C16H17BrN2O2/c1-10(14(18)11-6-3-2-4-7-11)16(21)19-13-9-5-8-12(17)15(13)20/h2-10,14,20H,18H2,1H3,(H,19,21).